The van der Waals surface area contributed by atoms with Gasteiger partial charge in [-0.05, 0) is 5.56 Å². The predicted molar refractivity (Wildman–Crippen MR) is 71.9 cm³/mol. The fourth-order valence-corrected chi connectivity index (χ4v) is 1.94. The Morgan fingerprint density at radius 2 is 1.79 bits per heavy atom. The molecule has 1 saturated heterocycles. The van der Waals surface area contributed by atoms with Crippen LogP contribution in [0.5, 0.6) is 6.01 Å². The van der Waals surface area contributed by atoms with Gasteiger partial charge in [0.2, 0.25) is 0 Å². The molecule has 19 heavy (non-hydrogen) atoms. The van der Waals surface area contributed by atoms with E-state index in [1.807, 2.05) is 30.3 Å². The third-order valence-corrected chi connectivity index (χ3v) is 3.19. The number of rotatable bonds is 4. The quantitative estimate of drug-likeness (QED) is 0.843. The summed E-state index contributed by atoms with van der Waals surface area (Å²) in [6.07, 6.45) is 3.58. The first kappa shape index (κ1) is 12.1. The molecule has 0 amide bonds. The van der Waals surface area contributed by atoms with Crippen LogP contribution in [0.4, 0.5) is 0 Å². The van der Waals surface area contributed by atoms with Crippen LogP contribution in [0, 0.1) is 5.41 Å². The minimum Gasteiger partial charge on any atom is -0.463 e. The van der Waals surface area contributed by atoms with Gasteiger partial charge < -0.3 is 9.47 Å². The Balaban J connectivity index is 1.66. The molecule has 2 heterocycles. The molecular weight excluding hydrogens is 240 g/mol. The number of hydrogen-bond donors (Lipinski definition) is 0. The van der Waals surface area contributed by atoms with E-state index in [0.717, 1.165) is 24.3 Å². The monoisotopic (exact) mass is 256 g/mol. The largest absolute Gasteiger partial charge is 0.463 e. The maximum Gasteiger partial charge on any atom is 0.316 e. The van der Waals surface area contributed by atoms with Crippen molar-refractivity contribution in [1.29, 1.82) is 0 Å². The van der Waals surface area contributed by atoms with Crippen molar-refractivity contribution in [3.63, 3.8) is 0 Å². The van der Waals surface area contributed by atoms with Gasteiger partial charge in [-0.15, -0.1) is 0 Å². The Hall–Kier alpha value is -1.94. The molecule has 0 aliphatic carbocycles. The number of ether oxygens (including phenoxy) is 2. The lowest BCUT2D eigenvalue weighted by Crippen LogP contribution is -2.44. The normalized spacial score (nSPS) is 16.7. The highest BCUT2D eigenvalue weighted by atomic mass is 16.5. The highest BCUT2D eigenvalue weighted by molar-refractivity contribution is 5.61. The molecule has 2 aromatic rings. The van der Waals surface area contributed by atoms with E-state index in [1.165, 1.54) is 0 Å². The molecule has 98 valence electrons. The van der Waals surface area contributed by atoms with Crippen LogP contribution in [0.1, 0.15) is 6.92 Å². The second-order valence-electron chi connectivity index (χ2n) is 5.21. The Bertz CT molecular complexity index is 536. The summed E-state index contributed by atoms with van der Waals surface area (Å²) in [5.74, 6) is 0. The van der Waals surface area contributed by atoms with Gasteiger partial charge in [-0.25, -0.2) is 9.97 Å². The third-order valence-electron chi connectivity index (χ3n) is 3.19. The zero-order chi connectivity index (χ0) is 13.1. The van der Waals surface area contributed by atoms with Gasteiger partial charge in [0, 0.05) is 23.4 Å². The third kappa shape index (κ3) is 2.74. The lowest BCUT2D eigenvalue weighted by Gasteiger charge is -2.37. The van der Waals surface area contributed by atoms with E-state index < -0.39 is 0 Å². The van der Waals surface area contributed by atoms with Crippen molar-refractivity contribution < 1.29 is 9.47 Å². The Morgan fingerprint density at radius 3 is 2.37 bits per heavy atom. The maximum atomic E-state index is 5.60. The predicted octanol–water partition coefficient (Wildman–Crippen LogP) is 2.56. The number of benzene rings is 1. The maximum absolute atomic E-state index is 5.60. The van der Waals surface area contributed by atoms with Crippen molar-refractivity contribution in [2.24, 2.45) is 5.41 Å². The molecule has 0 unspecified atom stereocenters. The topological polar surface area (TPSA) is 44.2 Å². The first-order valence-corrected chi connectivity index (χ1v) is 6.33. The van der Waals surface area contributed by atoms with Crippen LogP contribution in [-0.2, 0) is 4.74 Å². The zero-order valence-corrected chi connectivity index (χ0v) is 10.9. The van der Waals surface area contributed by atoms with Crippen LogP contribution in [0.25, 0.3) is 11.1 Å². The molecule has 3 rings (SSSR count). The number of nitrogens with zero attached hydrogens (tertiary/aromatic N) is 2. The number of aromatic nitrogens is 2. The Morgan fingerprint density at radius 1 is 1.11 bits per heavy atom. The average molecular weight is 256 g/mol. The van der Waals surface area contributed by atoms with Gasteiger partial charge in [-0.1, -0.05) is 37.3 Å². The molecule has 0 bridgehead atoms. The molecule has 4 nitrogen and oxygen atoms in total. The molecule has 0 N–H and O–H groups in total. The van der Waals surface area contributed by atoms with Gasteiger partial charge in [0.15, 0.2) is 0 Å². The average Bonchev–Trinajstić information content (AvgIpc) is 2.45. The Kier molecular flexibility index (Phi) is 3.17. The van der Waals surface area contributed by atoms with Crippen molar-refractivity contribution in [3.8, 4) is 17.1 Å². The summed E-state index contributed by atoms with van der Waals surface area (Å²) in [4.78, 5) is 8.48. The first-order valence-electron chi connectivity index (χ1n) is 6.33. The van der Waals surface area contributed by atoms with Crippen molar-refractivity contribution in [3.05, 3.63) is 42.7 Å². The molecule has 0 radical (unpaired) electrons. The van der Waals surface area contributed by atoms with Gasteiger partial charge in [0.05, 0.1) is 13.2 Å². The van der Waals surface area contributed by atoms with E-state index in [0.29, 0.717) is 12.6 Å². The summed E-state index contributed by atoms with van der Waals surface area (Å²) in [5.41, 5.74) is 2.21. The fourth-order valence-electron chi connectivity index (χ4n) is 1.94. The van der Waals surface area contributed by atoms with Crippen LogP contribution in [0.3, 0.4) is 0 Å². The van der Waals surface area contributed by atoms with Gasteiger partial charge in [-0.3, -0.25) is 0 Å². The lowest BCUT2D eigenvalue weighted by atomic mass is 9.90. The number of hydrogen-bond acceptors (Lipinski definition) is 4. The van der Waals surface area contributed by atoms with Crippen LogP contribution in [-0.4, -0.2) is 29.8 Å². The van der Waals surface area contributed by atoms with Crippen LogP contribution in [0.15, 0.2) is 42.7 Å². The summed E-state index contributed by atoms with van der Waals surface area (Å²) < 4.78 is 10.8. The van der Waals surface area contributed by atoms with E-state index in [4.69, 9.17) is 9.47 Å². The smallest absolute Gasteiger partial charge is 0.316 e. The second kappa shape index (κ2) is 4.97. The summed E-state index contributed by atoms with van der Waals surface area (Å²) in [6, 6.07) is 10.5. The Labute approximate surface area is 112 Å². The molecule has 4 heteroatoms. The lowest BCUT2D eigenvalue weighted by molar-refractivity contribution is -0.121. The summed E-state index contributed by atoms with van der Waals surface area (Å²) in [7, 11) is 0. The molecular formula is C15H16N2O2. The molecule has 1 aromatic heterocycles. The summed E-state index contributed by atoms with van der Waals surface area (Å²) in [5, 5.41) is 0. The van der Waals surface area contributed by atoms with Gasteiger partial charge in [0.25, 0.3) is 0 Å². The van der Waals surface area contributed by atoms with E-state index >= 15 is 0 Å². The minimum atomic E-state index is 0.113. The zero-order valence-electron chi connectivity index (χ0n) is 10.9. The molecule has 0 spiro atoms. The van der Waals surface area contributed by atoms with Crippen molar-refractivity contribution in [2.75, 3.05) is 19.8 Å². The van der Waals surface area contributed by atoms with E-state index in [1.54, 1.807) is 12.4 Å². The fraction of sp³-hybridized carbons (Fsp3) is 0.333. The SMILES string of the molecule is CC1(COc2ncc(-c3ccccc3)cn2)COC1. The molecule has 1 aliphatic heterocycles. The minimum absolute atomic E-state index is 0.113. The van der Waals surface area contributed by atoms with E-state index in [2.05, 4.69) is 16.9 Å². The van der Waals surface area contributed by atoms with Gasteiger partial charge in [-0.2, -0.15) is 0 Å². The van der Waals surface area contributed by atoms with Crippen LogP contribution >= 0.6 is 0 Å². The molecule has 1 fully saturated rings. The standard InChI is InChI=1S/C15H16N2O2/c1-15(9-18-10-15)11-19-14-16-7-13(8-17-14)12-5-3-2-4-6-12/h2-8H,9-11H2,1H3. The van der Waals surface area contributed by atoms with Gasteiger partial charge in [0.1, 0.15) is 6.61 Å². The van der Waals surface area contributed by atoms with E-state index in [-0.39, 0.29) is 5.41 Å². The highest BCUT2D eigenvalue weighted by Gasteiger charge is 2.34. The van der Waals surface area contributed by atoms with Crippen molar-refractivity contribution >= 4 is 0 Å². The van der Waals surface area contributed by atoms with Crippen molar-refractivity contribution in [2.45, 2.75) is 6.92 Å². The first-order chi connectivity index (χ1) is 9.25. The van der Waals surface area contributed by atoms with Crippen LogP contribution in [0.2, 0.25) is 0 Å². The highest BCUT2D eigenvalue weighted by Crippen LogP contribution is 2.27. The molecule has 1 aliphatic rings. The summed E-state index contributed by atoms with van der Waals surface area (Å²) in [6.45, 7) is 4.22. The van der Waals surface area contributed by atoms with E-state index in [9.17, 15) is 0 Å². The molecule has 0 atom stereocenters. The molecule has 1 aromatic carbocycles. The summed E-state index contributed by atoms with van der Waals surface area (Å²) >= 11 is 0. The van der Waals surface area contributed by atoms with Gasteiger partial charge >= 0.3 is 6.01 Å². The molecule has 0 saturated carbocycles. The second-order valence-corrected chi connectivity index (χ2v) is 5.21. The van der Waals surface area contributed by atoms with Crippen molar-refractivity contribution in [1.82, 2.24) is 9.97 Å². The van der Waals surface area contributed by atoms with Crippen LogP contribution < -0.4 is 4.74 Å².